The van der Waals surface area contributed by atoms with E-state index in [4.69, 9.17) is 16.3 Å². The molecule has 0 radical (unpaired) electrons. The number of methoxy groups -OCH3 is 1. The van der Waals surface area contributed by atoms with Gasteiger partial charge in [-0.1, -0.05) is 35.5 Å². The Labute approximate surface area is 155 Å². The maximum Gasteiger partial charge on any atom is 0.237 e. The zero-order chi connectivity index (χ0) is 18.0. The Kier molecular flexibility index (Phi) is 5.20. The summed E-state index contributed by atoms with van der Waals surface area (Å²) in [5.41, 5.74) is 2.50. The topological polar surface area (TPSA) is 56.1 Å². The lowest BCUT2D eigenvalue weighted by atomic mass is 10.3. The van der Waals surface area contributed by atoms with Gasteiger partial charge in [-0.15, -0.1) is 0 Å². The predicted molar refractivity (Wildman–Crippen MR) is 103 cm³/mol. The molecule has 1 N–H and O–H groups in total. The highest BCUT2D eigenvalue weighted by atomic mass is 35.5. The van der Waals surface area contributed by atoms with Crippen molar-refractivity contribution in [1.82, 2.24) is 9.55 Å². The van der Waals surface area contributed by atoms with Crippen molar-refractivity contribution in [3.63, 3.8) is 0 Å². The van der Waals surface area contributed by atoms with E-state index < -0.39 is 0 Å². The van der Waals surface area contributed by atoms with Crippen molar-refractivity contribution in [2.75, 3.05) is 12.4 Å². The van der Waals surface area contributed by atoms with Gasteiger partial charge in [0.15, 0.2) is 5.16 Å². The largest absolute Gasteiger partial charge is 0.495 e. The number of benzene rings is 2. The van der Waals surface area contributed by atoms with Gasteiger partial charge in [-0.3, -0.25) is 4.79 Å². The normalized spacial score (nSPS) is 12.2. The standard InChI is InChI=1S/C18H18ClN3O2S/c1-11(17(23)20-14-10-12(19)8-9-16(14)24-3)25-18-21-13-6-4-5-7-15(13)22(18)2/h4-11H,1-3H3,(H,20,23)/t11-/m0/s1. The van der Waals surface area contributed by atoms with E-state index in [0.717, 1.165) is 16.2 Å². The number of hydrogen-bond acceptors (Lipinski definition) is 4. The van der Waals surface area contributed by atoms with E-state index in [0.29, 0.717) is 16.5 Å². The Morgan fingerprint density at radius 3 is 2.80 bits per heavy atom. The molecule has 3 rings (SSSR count). The molecule has 0 bridgehead atoms. The van der Waals surface area contributed by atoms with Crippen LogP contribution in [0.3, 0.4) is 0 Å². The van der Waals surface area contributed by atoms with E-state index >= 15 is 0 Å². The van der Waals surface area contributed by atoms with Gasteiger partial charge in [0.2, 0.25) is 5.91 Å². The fraction of sp³-hybridized carbons (Fsp3) is 0.222. The molecule has 1 atom stereocenters. The first-order valence-corrected chi connectivity index (χ1v) is 8.98. The number of aromatic nitrogens is 2. The molecule has 0 aliphatic heterocycles. The van der Waals surface area contributed by atoms with Crippen molar-refractivity contribution in [3.05, 3.63) is 47.5 Å². The van der Waals surface area contributed by atoms with Crippen LogP contribution in [-0.4, -0.2) is 27.8 Å². The Hall–Kier alpha value is -2.18. The number of nitrogens with zero attached hydrogens (tertiary/aromatic N) is 2. The Balaban J connectivity index is 1.76. The van der Waals surface area contributed by atoms with Crippen LogP contribution < -0.4 is 10.1 Å². The molecular formula is C18H18ClN3O2S. The molecule has 130 valence electrons. The van der Waals surface area contributed by atoms with E-state index in [2.05, 4.69) is 10.3 Å². The summed E-state index contributed by atoms with van der Waals surface area (Å²) in [4.78, 5) is 17.1. The van der Waals surface area contributed by atoms with Gasteiger partial charge in [-0.25, -0.2) is 4.98 Å². The molecule has 0 fully saturated rings. The summed E-state index contributed by atoms with van der Waals surface area (Å²) in [6, 6.07) is 13.0. The van der Waals surface area contributed by atoms with E-state index in [-0.39, 0.29) is 11.2 Å². The lowest BCUT2D eigenvalue weighted by Crippen LogP contribution is -2.23. The zero-order valence-electron chi connectivity index (χ0n) is 14.1. The van der Waals surface area contributed by atoms with Crippen molar-refractivity contribution >= 4 is 46.0 Å². The van der Waals surface area contributed by atoms with E-state index in [1.165, 1.54) is 11.8 Å². The highest BCUT2D eigenvalue weighted by Gasteiger charge is 2.19. The third-order valence-corrected chi connectivity index (χ3v) is 5.20. The van der Waals surface area contributed by atoms with E-state index in [9.17, 15) is 4.79 Å². The number of halogens is 1. The average Bonchev–Trinajstić information content (AvgIpc) is 2.91. The first kappa shape index (κ1) is 17.6. The molecule has 0 saturated carbocycles. The predicted octanol–water partition coefficient (Wildman–Crippen LogP) is 4.35. The number of aryl methyl sites for hydroxylation is 1. The highest BCUT2D eigenvalue weighted by molar-refractivity contribution is 8.00. The van der Waals surface area contributed by atoms with Crippen LogP contribution in [-0.2, 0) is 11.8 Å². The molecule has 0 saturated heterocycles. The number of carbonyl (C=O) groups excluding carboxylic acids is 1. The number of thioether (sulfide) groups is 1. The molecule has 7 heteroatoms. The third kappa shape index (κ3) is 3.75. The van der Waals surface area contributed by atoms with Crippen LogP contribution >= 0.6 is 23.4 Å². The van der Waals surface area contributed by atoms with Gasteiger partial charge in [0.25, 0.3) is 0 Å². The number of hydrogen-bond donors (Lipinski definition) is 1. The average molecular weight is 376 g/mol. The highest BCUT2D eigenvalue weighted by Crippen LogP contribution is 2.30. The summed E-state index contributed by atoms with van der Waals surface area (Å²) < 4.78 is 7.25. The van der Waals surface area contributed by atoms with Crippen molar-refractivity contribution < 1.29 is 9.53 Å². The fourth-order valence-electron chi connectivity index (χ4n) is 2.45. The Morgan fingerprint density at radius 2 is 2.08 bits per heavy atom. The number of amides is 1. The summed E-state index contributed by atoms with van der Waals surface area (Å²) in [7, 11) is 3.50. The second kappa shape index (κ2) is 7.37. The summed E-state index contributed by atoms with van der Waals surface area (Å²) in [6.45, 7) is 1.84. The van der Waals surface area contributed by atoms with Crippen LogP contribution in [0.5, 0.6) is 5.75 Å². The molecule has 3 aromatic rings. The molecule has 0 unspecified atom stereocenters. The van der Waals surface area contributed by atoms with Gasteiger partial charge in [0.05, 0.1) is 29.1 Å². The van der Waals surface area contributed by atoms with E-state index in [1.807, 2.05) is 42.8 Å². The van der Waals surface area contributed by atoms with Crippen LogP contribution in [0.2, 0.25) is 5.02 Å². The minimum absolute atomic E-state index is 0.141. The SMILES string of the molecule is COc1ccc(Cl)cc1NC(=O)[C@H](C)Sc1nc2ccccc2n1C. The van der Waals surface area contributed by atoms with Crippen molar-refractivity contribution in [1.29, 1.82) is 0 Å². The van der Waals surface area contributed by atoms with Gasteiger partial charge in [0, 0.05) is 12.1 Å². The third-order valence-electron chi connectivity index (χ3n) is 3.82. The zero-order valence-corrected chi connectivity index (χ0v) is 15.7. The smallest absolute Gasteiger partial charge is 0.237 e. The first-order valence-electron chi connectivity index (χ1n) is 7.72. The van der Waals surface area contributed by atoms with Crippen LogP contribution in [0.4, 0.5) is 5.69 Å². The molecule has 25 heavy (non-hydrogen) atoms. The Morgan fingerprint density at radius 1 is 1.32 bits per heavy atom. The summed E-state index contributed by atoms with van der Waals surface area (Å²) in [6.07, 6.45) is 0. The maximum atomic E-state index is 12.6. The quantitative estimate of drug-likeness (QED) is 0.673. The van der Waals surface area contributed by atoms with E-state index in [1.54, 1.807) is 25.3 Å². The van der Waals surface area contributed by atoms with Crippen LogP contribution in [0.25, 0.3) is 11.0 Å². The Bertz CT molecular complexity index is 926. The van der Waals surface area contributed by atoms with Crippen LogP contribution in [0, 0.1) is 0 Å². The molecular weight excluding hydrogens is 358 g/mol. The minimum Gasteiger partial charge on any atom is -0.495 e. The van der Waals surface area contributed by atoms with Gasteiger partial charge in [-0.05, 0) is 37.3 Å². The molecule has 0 aliphatic carbocycles. The fourth-order valence-corrected chi connectivity index (χ4v) is 3.51. The molecule has 0 aliphatic rings. The van der Waals surface area contributed by atoms with Crippen LogP contribution in [0.15, 0.2) is 47.6 Å². The first-order chi connectivity index (χ1) is 12.0. The number of rotatable bonds is 5. The molecule has 2 aromatic carbocycles. The van der Waals surface area contributed by atoms with Gasteiger partial charge in [0.1, 0.15) is 5.75 Å². The molecule has 5 nitrogen and oxygen atoms in total. The molecule has 0 spiro atoms. The number of anilines is 1. The van der Waals surface area contributed by atoms with Crippen molar-refractivity contribution in [2.45, 2.75) is 17.3 Å². The number of fused-ring (bicyclic) bond motifs is 1. The lowest BCUT2D eigenvalue weighted by Gasteiger charge is -2.14. The number of para-hydroxylation sites is 2. The maximum absolute atomic E-state index is 12.6. The number of nitrogens with one attached hydrogen (secondary N) is 1. The van der Waals surface area contributed by atoms with Gasteiger partial charge in [-0.2, -0.15) is 0 Å². The monoisotopic (exact) mass is 375 g/mol. The number of carbonyl (C=O) groups is 1. The second-order valence-electron chi connectivity index (χ2n) is 5.54. The van der Waals surface area contributed by atoms with Crippen molar-refractivity contribution in [3.8, 4) is 5.75 Å². The lowest BCUT2D eigenvalue weighted by molar-refractivity contribution is -0.115. The minimum atomic E-state index is -0.334. The number of imidazole rings is 1. The summed E-state index contributed by atoms with van der Waals surface area (Å²) in [5.74, 6) is 0.426. The number of ether oxygens (including phenoxy) is 1. The molecule has 1 aromatic heterocycles. The summed E-state index contributed by atoms with van der Waals surface area (Å²) >= 11 is 7.41. The molecule has 1 heterocycles. The second-order valence-corrected chi connectivity index (χ2v) is 7.28. The van der Waals surface area contributed by atoms with Crippen LogP contribution in [0.1, 0.15) is 6.92 Å². The molecule has 1 amide bonds. The summed E-state index contributed by atoms with van der Waals surface area (Å²) in [5, 5.41) is 3.86. The van der Waals surface area contributed by atoms with Gasteiger partial charge >= 0.3 is 0 Å². The van der Waals surface area contributed by atoms with Gasteiger partial charge < -0.3 is 14.6 Å². The van der Waals surface area contributed by atoms with Crippen molar-refractivity contribution in [2.24, 2.45) is 7.05 Å².